The molecule has 5 aromatic rings. The van der Waals surface area contributed by atoms with E-state index >= 15 is 0 Å². The Kier molecular flexibility index (Phi) is 6.82. The van der Waals surface area contributed by atoms with Crippen molar-refractivity contribution < 1.29 is 9.53 Å². The third kappa shape index (κ3) is 5.00. The summed E-state index contributed by atoms with van der Waals surface area (Å²) in [6, 6.07) is 23.4. The van der Waals surface area contributed by atoms with Crippen LogP contribution in [0.15, 0.2) is 102 Å². The van der Waals surface area contributed by atoms with Crippen molar-refractivity contribution in [1.29, 1.82) is 0 Å². The van der Waals surface area contributed by atoms with E-state index in [0.29, 0.717) is 45.1 Å². The number of hydrogen-bond acceptors (Lipinski definition) is 6. The molecule has 0 spiro atoms. The van der Waals surface area contributed by atoms with Gasteiger partial charge < -0.3 is 15.8 Å². The Hall–Kier alpha value is -4.70. The Morgan fingerprint density at radius 3 is 2.46 bits per heavy atom. The van der Waals surface area contributed by atoms with E-state index in [1.807, 2.05) is 30.3 Å². The van der Waals surface area contributed by atoms with Gasteiger partial charge in [-0.05, 0) is 54.6 Å². The standard InChI is InChI=1S/C27H21BrN6O3/c28-15-5-10-23(35)32-18-6-4-7-20(16-18)34-26-24(25(29)30-17-31-26)33(27(34)36)19-11-13-22(14-12-19)37-21-8-2-1-3-9-21/h1-14,16-17H,15H2,(H,32,35)(H2,29,30,31). The quantitative estimate of drug-likeness (QED) is 0.219. The Bertz CT molecular complexity index is 1660. The molecule has 0 fully saturated rings. The maximum Gasteiger partial charge on any atom is 0.339 e. The van der Waals surface area contributed by atoms with Gasteiger partial charge in [-0.3, -0.25) is 9.36 Å². The minimum absolute atomic E-state index is 0.162. The van der Waals surface area contributed by atoms with Crippen LogP contribution in [-0.2, 0) is 4.79 Å². The number of aromatic nitrogens is 4. The number of ether oxygens (including phenoxy) is 1. The van der Waals surface area contributed by atoms with Gasteiger partial charge in [0.2, 0.25) is 5.91 Å². The Morgan fingerprint density at radius 2 is 1.70 bits per heavy atom. The zero-order valence-electron chi connectivity index (χ0n) is 19.4. The minimum atomic E-state index is -0.387. The number of benzene rings is 3. The van der Waals surface area contributed by atoms with Crippen LogP contribution in [-0.4, -0.2) is 30.3 Å². The summed E-state index contributed by atoms with van der Waals surface area (Å²) >= 11 is 3.25. The van der Waals surface area contributed by atoms with Crippen LogP contribution < -0.4 is 21.5 Å². The lowest BCUT2D eigenvalue weighted by atomic mass is 10.2. The van der Waals surface area contributed by atoms with Crippen LogP contribution in [0.4, 0.5) is 11.5 Å². The molecule has 0 unspecified atom stereocenters. The number of imidazole rings is 1. The Morgan fingerprint density at radius 1 is 0.946 bits per heavy atom. The summed E-state index contributed by atoms with van der Waals surface area (Å²) in [7, 11) is 0. The fourth-order valence-electron chi connectivity index (χ4n) is 3.87. The maximum atomic E-state index is 13.8. The summed E-state index contributed by atoms with van der Waals surface area (Å²) in [4.78, 5) is 34.3. The number of alkyl halides is 1. The van der Waals surface area contributed by atoms with Crippen molar-refractivity contribution in [3.63, 3.8) is 0 Å². The van der Waals surface area contributed by atoms with Gasteiger partial charge in [0.1, 0.15) is 23.3 Å². The largest absolute Gasteiger partial charge is 0.457 e. The molecule has 0 aliphatic heterocycles. The highest BCUT2D eigenvalue weighted by atomic mass is 79.9. The van der Waals surface area contributed by atoms with E-state index < -0.39 is 0 Å². The van der Waals surface area contributed by atoms with Crippen LogP contribution in [0.5, 0.6) is 11.5 Å². The molecule has 3 aromatic carbocycles. The molecule has 2 heterocycles. The van der Waals surface area contributed by atoms with E-state index in [1.165, 1.54) is 21.5 Å². The first kappa shape index (κ1) is 24.0. The molecule has 0 saturated carbocycles. The van der Waals surface area contributed by atoms with Gasteiger partial charge in [0.15, 0.2) is 11.5 Å². The van der Waals surface area contributed by atoms with Gasteiger partial charge in [0.05, 0.1) is 11.4 Å². The van der Waals surface area contributed by atoms with E-state index in [9.17, 15) is 9.59 Å². The lowest BCUT2D eigenvalue weighted by Crippen LogP contribution is -2.22. The average molecular weight is 557 g/mol. The first-order valence-corrected chi connectivity index (χ1v) is 12.4. The monoisotopic (exact) mass is 556 g/mol. The first-order valence-electron chi connectivity index (χ1n) is 11.3. The van der Waals surface area contributed by atoms with Crippen molar-refractivity contribution >= 4 is 44.5 Å². The van der Waals surface area contributed by atoms with E-state index in [4.69, 9.17) is 10.5 Å². The third-order valence-electron chi connectivity index (χ3n) is 5.45. The summed E-state index contributed by atoms with van der Waals surface area (Å²) in [6.45, 7) is 0. The highest BCUT2D eigenvalue weighted by Gasteiger charge is 2.20. The van der Waals surface area contributed by atoms with E-state index in [-0.39, 0.29) is 17.4 Å². The fourth-order valence-corrected chi connectivity index (χ4v) is 4.05. The molecule has 0 bridgehead atoms. The van der Waals surface area contributed by atoms with Crippen molar-refractivity contribution in [1.82, 2.24) is 19.1 Å². The number of nitrogens with two attached hydrogens (primary N) is 1. The molecular formula is C27H21BrN6O3. The number of halogens is 1. The van der Waals surface area contributed by atoms with Crippen LogP contribution in [0.25, 0.3) is 22.5 Å². The topological polar surface area (TPSA) is 117 Å². The van der Waals surface area contributed by atoms with E-state index in [1.54, 1.807) is 54.6 Å². The summed E-state index contributed by atoms with van der Waals surface area (Å²) in [6.07, 6.45) is 4.43. The van der Waals surface area contributed by atoms with Crippen molar-refractivity contribution in [2.75, 3.05) is 16.4 Å². The predicted octanol–water partition coefficient (Wildman–Crippen LogP) is 4.84. The molecule has 37 heavy (non-hydrogen) atoms. The van der Waals surface area contributed by atoms with Crippen LogP contribution in [0, 0.1) is 0 Å². The molecule has 2 aromatic heterocycles. The number of fused-ring (bicyclic) bond motifs is 1. The van der Waals surface area contributed by atoms with Gasteiger partial charge in [-0.15, -0.1) is 0 Å². The number of rotatable bonds is 7. The molecule has 0 saturated heterocycles. The normalized spacial score (nSPS) is 11.2. The highest BCUT2D eigenvalue weighted by molar-refractivity contribution is 9.09. The molecule has 0 atom stereocenters. The zero-order valence-corrected chi connectivity index (χ0v) is 21.0. The number of carbonyl (C=O) groups is 1. The Labute approximate surface area is 220 Å². The third-order valence-corrected chi connectivity index (χ3v) is 5.83. The van der Waals surface area contributed by atoms with Gasteiger partial charge in [0, 0.05) is 17.1 Å². The number of para-hydroxylation sites is 1. The second-order valence-electron chi connectivity index (χ2n) is 7.89. The number of hydrogen-bond donors (Lipinski definition) is 2. The SMILES string of the molecule is Nc1ncnc2c1n(-c1ccc(Oc3ccccc3)cc1)c(=O)n2-c1cccc(NC(=O)C=CCBr)c1. The lowest BCUT2D eigenvalue weighted by molar-refractivity contribution is -0.111. The van der Waals surface area contributed by atoms with E-state index in [2.05, 4.69) is 31.2 Å². The predicted molar refractivity (Wildman–Crippen MR) is 147 cm³/mol. The maximum absolute atomic E-state index is 13.8. The molecule has 5 rings (SSSR count). The summed E-state index contributed by atoms with van der Waals surface area (Å²) in [5.41, 5.74) is 8.14. The van der Waals surface area contributed by atoms with Crippen LogP contribution >= 0.6 is 15.9 Å². The molecule has 0 radical (unpaired) electrons. The second-order valence-corrected chi connectivity index (χ2v) is 8.54. The summed E-state index contributed by atoms with van der Waals surface area (Å²) < 4.78 is 8.77. The number of allylic oxidation sites excluding steroid dienone is 1. The molecule has 3 N–H and O–H groups in total. The van der Waals surface area contributed by atoms with Gasteiger partial charge in [-0.25, -0.2) is 19.3 Å². The molecule has 10 heteroatoms. The van der Waals surface area contributed by atoms with Crippen LogP contribution in [0.3, 0.4) is 0 Å². The summed E-state index contributed by atoms with van der Waals surface area (Å²) in [5, 5.41) is 3.36. The van der Waals surface area contributed by atoms with Gasteiger partial charge in [-0.1, -0.05) is 46.3 Å². The molecule has 1 amide bonds. The molecule has 0 aliphatic carbocycles. The molecule has 184 valence electrons. The Balaban J connectivity index is 1.57. The van der Waals surface area contributed by atoms with Gasteiger partial charge in [0.25, 0.3) is 0 Å². The minimum Gasteiger partial charge on any atom is -0.457 e. The first-order chi connectivity index (χ1) is 18.0. The number of anilines is 2. The van der Waals surface area contributed by atoms with Crippen LogP contribution in [0.1, 0.15) is 0 Å². The molecule has 0 aliphatic rings. The number of carbonyl (C=O) groups excluding carboxylic acids is 1. The van der Waals surface area contributed by atoms with Crippen molar-refractivity contribution in [3.05, 3.63) is 108 Å². The average Bonchev–Trinajstić information content (AvgIpc) is 3.21. The molecule has 9 nitrogen and oxygen atoms in total. The summed E-state index contributed by atoms with van der Waals surface area (Å²) in [5.74, 6) is 1.20. The fraction of sp³-hybridized carbons (Fsp3) is 0.0370. The number of nitrogen functional groups attached to an aromatic ring is 1. The van der Waals surface area contributed by atoms with Gasteiger partial charge in [-0.2, -0.15) is 0 Å². The van der Waals surface area contributed by atoms with Gasteiger partial charge >= 0.3 is 5.69 Å². The number of nitrogens with one attached hydrogen (secondary N) is 1. The highest BCUT2D eigenvalue weighted by Crippen LogP contribution is 2.26. The molecular weight excluding hydrogens is 536 g/mol. The van der Waals surface area contributed by atoms with Crippen molar-refractivity contribution in [2.24, 2.45) is 0 Å². The number of nitrogens with zero attached hydrogens (tertiary/aromatic N) is 4. The van der Waals surface area contributed by atoms with Crippen LogP contribution in [0.2, 0.25) is 0 Å². The van der Waals surface area contributed by atoms with Crippen molar-refractivity contribution in [2.45, 2.75) is 0 Å². The van der Waals surface area contributed by atoms with E-state index in [0.717, 1.165) is 0 Å². The second kappa shape index (κ2) is 10.5. The zero-order chi connectivity index (χ0) is 25.8. The lowest BCUT2D eigenvalue weighted by Gasteiger charge is -2.08. The van der Waals surface area contributed by atoms with Crippen molar-refractivity contribution in [3.8, 4) is 22.9 Å². The smallest absolute Gasteiger partial charge is 0.339 e. The number of amides is 1.